The number of carbonyl (C=O) groups excluding carboxylic acids is 3. The van der Waals surface area contributed by atoms with E-state index >= 15 is 0 Å². The van der Waals surface area contributed by atoms with Crippen LogP contribution in [0.2, 0.25) is 0 Å². The van der Waals surface area contributed by atoms with Gasteiger partial charge in [0.25, 0.3) is 0 Å². The number of rotatable bonds is 15. The lowest BCUT2D eigenvalue weighted by Gasteiger charge is -2.09. The van der Waals surface area contributed by atoms with Crippen LogP contribution >= 0.6 is 0 Å². The Bertz CT molecular complexity index is 1470. The SMILES string of the molecule is C=C(C)C(=O)OCCCCOc1ccc(-c2ccc(/C=C/C(=O)Oc3ccc(CCOC(=O)C(=C)C)cc3)c(F)c2)cc1. The molecule has 0 heterocycles. The number of ether oxygens (including phenoxy) is 4. The average molecular weight is 587 g/mol. The molecular weight excluding hydrogens is 551 g/mol. The van der Waals surface area contributed by atoms with Gasteiger partial charge in [-0.15, -0.1) is 0 Å². The molecule has 0 N–H and O–H groups in total. The first-order chi connectivity index (χ1) is 20.6. The molecule has 8 heteroatoms. The molecule has 3 aromatic carbocycles. The molecule has 0 bridgehead atoms. The standard InChI is InChI=1S/C35H35FO7/c1-24(2)34(38)41-21-6-5-20-40-30-16-11-27(12-17-30)29-10-9-28(32(36)23-29)13-18-33(37)43-31-14-7-26(8-15-31)19-22-42-35(39)25(3)4/h7-18,23H,1,3,5-6,19-22H2,2,4H3/b18-13+. The van der Waals surface area contributed by atoms with Gasteiger partial charge in [-0.1, -0.05) is 49.6 Å². The zero-order chi connectivity index (χ0) is 31.2. The monoisotopic (exact) mass is 586 g/mol. The van der Waals surface area contributed by atoms with Crippen molar-refractivity contribution in [1.29, 1.82) is 0 Å². The van der Waals surface area contributed by atoms with Crippen LogP contribution in [0.15, 0.2) is 97.1 Å². The Hall–Kier alpha value is -4.98. The largest absolute Gasteiger partial charge is 0.494 e. The highest BCUT2D eigenvalue weighted by Crippen LogP contribution is 2.25. The van der Waals surface area contributed by atoms with E-state index < -0.39 is 23.7 Å². The zero-order valence-electron chi connectivity index (χ0n) is 24.4. The normalized spacial score (nSPS) is 10.7. The highest BCUT2D eigenvalue weighted by molar-refractivity contribution is 5.89. The number of hydrogen-bond donors (Lipinski definition) is 0. The summed E-state index contributed by atoms with van der Waals surface area (Å²) >= 11 is 0. The van der Waals surface area contributed by atoms with Crippen molar-refractivity contribution >= 4 is 24.0 Å². The third-order valence-corrected chi connectivity index (χ3v) is 6.09. The first-order valence-electron chi connectivity index (χ1n) is 13.8. The number of esters is 3. The predicted molar refractivity (Wildman–Crippen MR) is 163 cm³/mol. The second-order valence-corrected chi connectivity index (χ2v) is 9.80. The predicted octanol–water partition coefficient (Wildman–Crippen LogP) is 7.05. The maximum atomic E-state index is 14.8. The Morgan fingerprint density at radius 1 is 0.744 bits per heavy atom. The van der Waals surface area contributed by atoms with E-state index in [2.05, 4.69) is 13.2 Å². The minimum Gasteiger partial charge on any atom is -0.494 e. The summed E-state index contributed by atoms with van der Waals surface area (Å²) in [6.07, 6.45) is 4.45. The van der Waals surface area contributed by atoms with E-state index in [0.29, 0.717) is 54.3 Å². The van der Waals surface area contributed by atoms with Gasteiger partial charge in [0.2, 0.25) is 0 Å². The van der Waals surface area contributed by atoms with Crippen LogP contribution in [-0.2, 0) is 30.3 Å². The van der Waals surface area contributed by atoms with Gasteiger partial charge in [-0.3, -0.25) is 0 Å². The van der Waals surface area contributed by atoms with Crippen molar-refractivity contribution in [2.24, 2.45) is 0 Å². The first-order valence-corrected chi connectivity index (χ1v) is 13.8. The van der Waals surface area contributed by atoms with E-state index in [-0.39, 0.29) is 12.2 Å². The zero-order valence-corrected chi connectivity index (χ0v) is 24.4. The average Bonchev–Trinajstić information content (AvgIpc) is 2.99. The summed E-state index contributed by atoms with van der Waals surface area (Å²) < 4.78 is 35.9. The minimum absolute atomic E-state index is 0.219. The molecule has 3 rings (SSSR count). The molecule has 43 heavy (non-hydrogen) atoms. The fourth-order valence-electron chi connectivity index (χ4n) is 3.68. The Balaban J connectivity index is 1.45. The van der Waals surface area contributed by atoms with Crippen LogP contribution in [0.5, 0.6) is 11.5 Å². The van der Waals surface area contributed by atoms with Gasteiger partial charge in [-0.05, 0) is 79.8 Å². The lowest BCUT2D eigenvalue weighted by atomic mass is 10.0. The van der Waals surface area contributed by atoms with Crippen LogP contribution in [0.3, 0.4) is 0 Å². The van der Waals surface area contributed by atoms with Crippen molar-refractivity contribution < 1.29 is 37.7 Å². The van der Waals surface area contributed by atoms with E-state index in [0.717, 1.165) is 17.5 Å². The highest BCUT2D eigenvalue weighted by atomic mass is 19.1. The summed E-state index contributed by atoms with van der Waals surface area (Å²) in [6.45, 7) is 11.3. The second-order valence-electron chi connectivity index (χ2n) is 9.80. The van der Waals surface area contributed by atoms with Crippen LogP contribution in [0, 0.1) is 5.82 Å². The van der Waals surface area contributed by atoms with Gasteiger partial charge in [0.1, 0.15) is 17.3 Å². The summed E-state index contributed by atoms with van der Waals surface area (Å²) in [5, 5.41) is 0. The smallest absolute Gasteiger partial charge is 0.336 e. The molecule has 0 fully saturated rings. The number of benzene rings is 3. The van der Waals surface area contributed by atoms with E-state index in [1.807, 2.05) is 24.3 Å². The highest BCUT2D eigenvalue weighted by Gasteiger charge is 2.08. The summed E-state index contributed by atoms with van der Waals surface area (Å²) in [4.78, 5) is 35.1. The molecule has 0 aliphatic rings. The quantitative estimate of drug-likeness (QED) is 0.0816. The maximum Gasteiger partial charge on any atom is 0.336 e. The van der Waals surface area contributed by atoms with Gasteiger partial charge in [-0.2, -0.15) is 0 Å². The number of hydrogen-bond acceptors (Lipinski definition) is 7. The Morgan fingerprint density at radius 3 is 1.95 bits per heavy atom. The Kier molecular flexibility index (Phi) is 12.5. The van der Waals surface area contributed by atoms with Gasteiger partial charge in [-0.25, -0.2) is 18.8 Å². The third-order valence-electron chi connectivity index (χ3n) is 6.09. The van der Waals surface area contributed by atoms with Crippen LogP contribution in [0.1, 0.15) is 37.8 Å². The van der Waals surface area contributed by atoms with Crippen LogP contribution in [0.4, 0.5) is 4.39 Å². The fraction of sp³-hybridized carbons (Fsp3) is 0.229. The lowest BCUT2D eigenvalue weighted by molar-refractivity contribution is -0.139. The topological polar surface area (TPSA) is 88.1 Å². The van der Waals surface area contributed by atoms with E-state index in [4.69, 9.17) is 18.9 Å². The molecule has 7 nitrogen and oxygen atoms in total. The molecule has 0 saturated carbocycles. The van der Waals surface area contributed by atoms with Crippen molar-refractivity contribution in [2.45, 2.75) is 33.1 Å². The molecule has 0 saturated heterocycles. The molecule has 0 aliphatic heterocycles. The van der Waals surface area contributed by atoms with Gasteiger partial charge >= 0.3 is 17.9 Å². The Morgan fingerprint density at radius 2 is 1.33 bits per heavy atom. The number of unbranched alkanes of at least 4 members (excludes halogenated alkanes) is 1. The van der Waals surface area contributed by atoms with E-state index in [1.54, 1.807) is 50.2 Å². The van der Waals surface area contributed by atoms with Gasteiger partial charge in [0, 0.05) is 29.2 Å². The van der Waals surface area contributed by atoms with Gasteiger partial charge in [0.05, 0.1) is 19.8 Å². The van der Waals surface area contributed by atoms with Gasteiger partial charge in [0.15, 0.2) is 0 Å². The van der Waals surface area contributed by atoms with Crippen molar-refractivity contribution in [3.63, 3.8) is 0 Å². The molecule has 0 atom stereocenters. The van der Waals surface area contributed by atoms with E-state index in [1.165, 1.54) is 18.2 Å². The summed E-state index contributed by atoms with van der Waals surface area (Å²) in [7, 11) is 0. The second kappa shape index (κ2) is 16.5. The molecule has 3 aromatic rings. The van der Waals surface area contributed by atoms with Crippen molar-refractivity contribution in [3.05, 3.63) is 114 Å². The molecule has 224 valence electrons. The molecule has 0 amide bonds. The lowest BCUT2D eigenvalue weighted by Crippen LogP contribution is -2.08. The van der Waals surface area contributed by atoms with Crippen molar-refractivity contribution in [3.8, 4) is 22.6 Å². The molecule has 0 unspecified atom stereocenters. The molecule has 0 aromatic heterocycles. The Labute approximate surface area is 251 Å². The molecule has 0 aliphatic carbocycles. The van der Waals surface area contributed by atoms with Crippen LogP contribution in [-0.4, -0.2) is 37.7 Å². The first kappa shape index (κ1) is 32.5. The number of halogens is 1. The molecular formula is C35H35FO7. The summed E-state index contributed by atoms with van der Waals surface area (Å²) in [5.74, 6) is -0.934. The van der Waals surface area contributed by atoms with Crippen molar-refractivity contribution in [2.75, 3.05) is 19.8 Å². The van der Waals surface area contributed by atoms with Crippen LogP contribution in [0.25, 0.3) is 17.2 Å². The van der Waals surface area contributed by atoms with Crippen LogP contribution < -0.4 is 9.47 Å². The van der Waals surface area contributed by atoms with Gasteiger partial charge < -0.3 is 18.9 Å². The van der Waals surface area contributed by atoms with E-state index in [9.17, 15) is 18.8 Å². The summed E-state index contributed by atoms with van der Waals surface area (Å²) in [6, 6.07) is 18.9. The third kappa shape index (κ3) is 11.1. The molecule has 0 radical (unpaired) electrons. The number of carbonyl (C=O) groups is 3. The molecule has 0 spiro atoms. The summed E-state index contributed by atoms with van der Waals surface area (Å²) in [5.41, 5.74) is 3.36. The maximum absolute atomic E-state index is 14.8. The minimum atomic E-state index is -0.643. The van der Waals surface area contributed by atoms with Crippen molar-refractivity contribution in [1.82, 2.24) is 0 Å². The fourth-order valence-corrected chi connectivity index (χ4v) is 3.68.